The summed E-state index contributed by atoms with van der Waals surface area (Å²) in [6.45, 7) is 8.12. The predicted molar refractivity (Wildman–Crippen MR) is 117 cm³/mol. The second-order valence-corrected chi connectivity index (χ2v) is 9.13. The Morgan fingerprint density at radius 3 is 1.56 bits per heavy atom. The summed E-state index contributed by atoms with van der Waals surface area (Å²) in [5.74, 6) is 1.29. The molecule has 162 valence electrons. The van der Waals surface area contributed by atoms with Crippen LogP contribution in [-0.4, -0.2) is 24.9 Å². The van der Waals surface area contributed by atoms with Crippen LogP contribution in [0.1, 0.15) is 32.2 Å². The number of rotatable bonds is 4. The summed E-state index contributed by atoms with van der Waals surface area (Å²) in [5, 5.41) is 0. The average molecular weight is 496 g/mol. The van der Waals surface area contributed by atoms with Gasteiger partial charge in [-0.1, -0.05) is 36.7 Å². The van der Waals surface area contributed by atoms with Gasteiger partial charge in [0, 0.05) is 15.6 Å². The first-order valence-corrected chi connectivity index (χ1v) is 10.5. The van der Waals surface area contributed by atoms with Gasteiger partial charge in [-0.25, -0.2) is 24.9 Å². The van der Waals surface area contributed by atoms with E-state index in [1.807, 2.05) is 19.1 Å². The molecule has 0 aliphatic heterocycles. The molecule has 5 aromatic rings. The molecule has 0 saturated heterocycles. The number of oxazole rings is 4. The van der Waals surface area contributed by atoms with Gasteiger partial charge >= 0.3 is 0 Å². The molecule has 9 nitrogen and oxygen atoms in total. The minimum absolute atomic E-state index is 0.121. The van der Waals surface area contributed by atoms with Crippen LogP contribution in [0.3, 0.4) is 0 Å². The molecule has 5 rings (SSSR count). The monoisotopic (exact) mass is 495 g/mol. The van der Waals surface area contributed by atoms with Gasteiger partial charge in [-0.05, 0) is 19.1 Å². The lowest BCUT2D eigenvalue weighted by molar-refractivity contribution is 0.554. The number of pyridine rings is 1. The molecule has 0 radical (unpaired) electrons. The summed E-state index contributed by atoms with van der Waals surface area (Å²) in [7, 11) is 0. The van der Waals surface area contributed by atoms with Gasteiger partial charge in [0.05, 0.1) is 5.69 Å². The third-order valence-corrected chi connectivity index (χ3v) is 5.02. The molecular weight excluding hydrogens is 478 g/mol. The molecule has 0 aromatic carbocycles. The highest BCUT2D eigenvalue weighted by atomic mass is 79.9. The van der Waals surface area contributed by atoms with Gasteiger partial charge in [-0.3, -0.25) is 0 Å². The molecule has 0 aliphatic rings. The number of nitrogens with zero attached hydrogens (tertiary/aromatic N) is 5. The lowest BCUT2D eigenvalue weighted by Gasteiger charge is -2.18. The number of hydrogen-bond donors (Lipinski definition) is 0. The third-order valence-electron chi connectivity index (χ3n) is 4.57. The van der Waals surface area contributed by atoms with Crippen molar-refractivity contribution >= 4 is 15.9 Å². The van der Waals surface area contributed by atoms with Crippen molar-refractivity contribution < 1.29 is 17.7 Å². The highest BCUT2D eigenvalue weighted by molar-refractivity contribution is 9.10. The van der Waals surface area contributed by atoms with Crippen molar-refractivity contribution in [1.29, 1.82) is 0 Å². The van der Waals surface area contributed by atoms with E-state index in [-0.39, 0.29) is 17.2 Å². The van der Waals surface area contributed by atoms with E-state index in [0.29, 0.717) is 34.6 Å². The van der Waals surface area contributed by atoms with E-state index in [1.54, 1.807) is 6.26 Å². The normalized spacial score (nSPS) is 11.9. The van der Waals surface area contributed by atoms with Crippen LogP contribution in [0.2, 0.25) is 0 Å². The smallest absolute Gasteiger partial charge is 0.249 e. The molecule has 0 amide bonds. The van der Waals surface area contributed by atoms with Crippen molar-refractivity contribution in [1.82, 2.24) is 24.9 Å². The summed E-state index contributed by atoms with van der Waals surface area (Å²) < 4.78 is 23.0. The lowest BCUT2D eigenvalue weighted by atomic mass is 9.91. The molecule has 0 fully saturated rings. The third kappa shape index (κ3) is 3.89. The highest BCUT2D eigenvalue weighted by Crippen LogP contribution is 2.31. The summed E-state index contributed by atoms with van der Waals surface area (Å²) in [6, 6.07) is 3.84. The van der Waals surface area contributed by atoms with Crippen LogP contribution in [0.5, 0.6) is 0 Å². The van der Waals surface area contributed by atoms with Crippen LogP contribution >= 0.6 is 15.9 Å². The summed E-state index contributed by atoms with van der Waals surface area (Å²) in [6.07, 6.45) is 5.91. The molecule has 0 spiro atoms. The lowest BCUT2D eigenvalue weighted by Crippen LogP contribution is -2.13. The van der Waals surface area contributed by atoms with Gasteiger partial charge < -0.3 is 17.7 Å². The fourth-order valence-corrected chi connectivity index (χ4v) is 3.37. The van der Waals surface area contributed by atoms with E-state index in [2.05, 4.69) is 56.6 Å². The maximum atomic E-state index is 5.65. The zero-order valence-electron chi connectivity index (χ0n) is 17.7. The van der Waals surface area contributed by atoms with Gasteiger partial charge in [0.2, 0.25) is 23.6 Å². The highest BCUT2D eigenvalue weighted by Gasteiger charge is 2.21. The van der Waals surface area contributed by atoms with Gasteiger partial charge in [-0.2, -0.15) is 0 Å². The maximum Gasteiger partial charge on any atom is 0.249 e. The van der Waals surface area contributed by atoms with Crippen molar-refractivity contribution in [3.63, 3.8) is 0 Å². The minimum atomic E-state index is -0.121. The molecule has 0 N–H and O–H groups in total. The molecular formula is C22H18BrN5O4. The molecule has 0 atom stereocenters. The minimum Gasteiger partial charge on any atom is -0.443 e. The van der Waals surface area contributed by atoms with Gasteiger partial charge in [0.25, 0.3) is 0 Å². The van der Waals surface area contributed by atoms with E-state index >= 15 is 0 Å². The molecule has 5 aromatic heterocycles. The van der Waals surface area contributed by atoms with Crippen LogP contribution in [0.25, 0.3) is 46.3 Å². The predicted octanol–water partition coefficient (Wildman–Crippen LogP) is 6.07. The Bertz CT molecular complexity index is 1410. The first kappa shape index (κ1) is 20.4. The van der Waals surface area contributed by atoms with Crippen molar-refractivity contribution in [2.75, 3.05) is 0 Å². The number of halogens is 1. The zero-order valence-corrected chi connectivity index (χ0v) is 19.3. The van der Waals surface area contributed by atoms with E-state index < -0.39 is 0 Å². The molecule has 0 unspecified atom stereocenters. The van der Waals surface area contributed by atoms with Gasteiger partial charge in [0.15, 0.2) is 17.1 Å². The van der Waals surface area contributed by atoms with Crippen molar-refractivity contribution in [2.24, 2.45) is 0 Å². The van der Waals surface area contributed by atoms with Crippen LogP contribution in [-0.2, 0) is 5.41 Å². The Morgan fingerprint density at radius 1 is 0.625 bits per heavy atom. The Balaban J connectivity index is 1.42. The molecule has 0 saturated carbocycles. The van der Waals surface area contributed by atoms with Crippen LogP contribution in [0.4, 0.5) is 0 Å². The van der Waals surface area contributed by atoms with E-state index in [4.69, 9.17) is 22.7 Å². The van der Waals surface area contributed by atoms with Crippen molar-refractivity contribution in [3.05, 3.63) is 53.0 Å². The number of hydrogen-bond acceptors (Lipinski definition) is 9. The van der Waals surface area contributed by atoms with E-state index in [9.17, 15) is 0 Å². The summed E-state index contributed by atoms with van der Waals surface area (Å²) in [4.78, 5) is 22.2. The van der Waals surface area contributed by atoms with Gasteiger partial charge in [-0.15, -0.1) is 0 Å². The summed E-state index contributed by atoms with van der Waals surface area (Å²) in [5.41, 5.74) is 3.47. The largest absolute Gasteiger partial charge is 0.443 e. The first-order valence-electron chi connectivity index (χ1n) is 9.74. The van der Waals surface area contributed by atoms with Crippen LogP contribution in [0, 0.1) is 6.92 Å². The zero-order chi connectivity index (χ0) is 22.5. The van der Waals surface area contributed by atoms with E-state index in [1.165, 1.54) is 18.8 Å². The quantitative estimate of drug-likeness (QED) is 0.292. The fraction of sp³-hybridized carbons (Fsp3) is 0.227. The second-order valence-electron chi connectivity index (χ2n) is 8.21. The molecule has 0 bridgehead atoms. The fourth-order valence-electron chi connectivity index (χ4n) is 2.93. The number of aromatic nitrogens is 5. The molecule has 32 heavy (non-hydrogen) atoms. The summed E-state index contributed by atoms with van der Waals surface area (Å²) >= 11 is 3.53. The maximum absolute atomic E-state index is 5.65. The SMILES string of the molecule is Cc1coc(-c2coc(-c3coc(-c4coc(-c5cc(Br)cc(C(C)(C)C)n5)n4)n3)n2)n1. The topological polar surface area (TPSA) is 117 Å². The van der Waals surface area contributed by atoms with Crippen LogP contribution < -0.4 is 0 Å². The van der Waals surface area contributed by atoms with E-state index in [0.717, 1.165) is 15.9 Å². The first-order chi connectivity index (χ1) is 15.3. The van der Waals surface area contributed by atoms with Crippen LogP contribution in [0.15, 0.2) is 59.3 Å². The Labute approximate surface area is 191 Å². The van der Waals surface area contributed by atoms with Crippen molar-refractivity contribution in [3.8, 4) is 46.3 Å². The number of aryl methyl sites for hydroxylation is 1. The Kier molecular flexibility index (Phi) is 4.81. The van der Waals surface area contributed by atoms with Gasteiger partial charge in [0.1, 0.15) is 30.7 Å². The molecule has 0 aliphatic carbocycles. The molecule has 5 heterocycles. The second kappa shape index (κ2) is 7.56. The molecule has 10 heteroatoms. The van der Waals surface area contributed by atoms with Crippen molar-refractivity contribution in [2.45, 2.75) is 33.1 Å². The standard InChI is InChI=1S/C22H18BrN5O4/c1-11-7-29-19(24-11)14-8-31-21(27-14)16-10-32-20(28-16)15-9-30-18(26-15)13-5-12(23)6-17(25-13)22(2,3)4/h5-10H,1-4H3. The average Bonchev–Trinajstić information content (AvgIpc) is 3.51. The Morgan fingerprint density at radius 2 is 1.09 bits per heavy atom. The Hall–Kier alpha value is -3.53.